The lowest BCUT2D eigenvalue weighted by Gasteiger charge is -2.39. The predicted molar refractivity (Wildman–Crippen MR) is 578 cm³/mol. The fourth-order valence-corrected chi connectivity index (χ4v) is 22.8. The molecule has 4 N–H and O–H groups in total. The van der Waals surface area contributed by atoms with Gasteiger partial charge in [0, 0.05) is 169 Å². The Balaban J connectivity index is 0.000000121. The number of carbonyl (C=O) groups is 5. The molecule has 0 spiro atoms. The predicted octanol–water partition coefficient (Wildman–Crippen LogP) is 18.7. The van der Waals surface area contributed by atoms with E-state index in [1.54, 1.807) is 24.8 Å². The highest BCUT2D eigenvalue weighted by Crippen LogP contribution is 2.46. The zero-order valence-corrected chi connectivity index (χ0v) is 87.5. The summed E-state index contributed by atoms with van der Waals surface area (Å²) in [5.41, 5.74) is 14.7. The number of anilines is 2. The maximum atomic E-state index is 12.6. The van der Waals surface area contributed by atoms with Gasteiger partial charge in [-0.2, -0.15) is 0 Å². The van der Waals surface area contributed by atoms with E-state index in [-0.39, 0.29) is 69.8 Å². The van der Waals surface area contributed by atoms with Crippen LogP contribution in [0, 0.1) is 0 Å². The minimum atomic E-state index is -3.38. The van der Waals surface area contributed by atoms with Gasteiger partial charge in [-0.05, 0) is 143 Å². The van der Waals surface area contributed by atoms with Gasteiger partial charge >= 0.3 is 18.2 Å². The molecule has 774 valence electrons. The van der Waals surface area contributed by atoms with Gasteiger partial charge in [-0.25, -0.2) is 58.2 Å². The van der Waals surface area contributed by atoms with E-state index in [4.69, 9.17) is 31.0 Å². The Kier molecular flexibility index (Phi) is 35.1. The number of nitrogens with one attached hydrogen (secondary N) is 3. The van der Waals surface area contributed by atoms with Crippen molar-refractivity contribution in [1.29, 1.82) is 0 Å². The molecular weight excluding hydrogens is 1910 g/mol. The summed E-state index contributed by atoms with van der Waals surface area (Å²) in [6.07, 6.45) is 14.7. The number of fused-ring (bicyclic) bond motifs is 10. The molecule has 28 nitrogen and oxygen atoms in total. The molecule has 13 aromatic rings. The minimum absolute atomic E-state index is 0.0441. The standard InChI is InChI=1S/C25H26N4O2.C23H23N5O2.C23H28N2O2.C18H20N2.C13H11Cl.C10H18N2O2.C7H8N2O3S/c1-2-31-24(30)20-14-26-25(27-15-20)29-17-21-13-22(29)16-28(21)23(18-9-5-3-6-10-18)19-11-7-4-8-12-19;29-22(26-30)18-12-24-23(25-13-18)28-15-19-11-20(28)14-27(19)21(16-7-3-1-4-8-16)17-9-5-2-6-10-17;1-23(2,3)27-22(26)25-16-19-14-20(25)15-24(19)21(17-10-6-4-7-11-17)18-12-8-5-9-13-18;1-3-7-14(8-4-1)18(15-9-5-2-6-10-15)20-13-16-11-17(20)12-19-16;14-13(11-7-3-1-4-8-11)12-9-5-2-6-10-12;1-10(2,3)14-9(13)12-6-7-4-8(12)5-11-7;1-5(10)6-3-8-7(9-4-6)13(2,11)12/h3-12,14-15,21-23H,2,13,16-17H2,1H3;1-10,12-13,19-21,30H,11,14-15H2,(H,26,29);4-13,19-21H,14-16H2,1-3H3;1-10,16-19H,11-13H2;1-10,13H;7-8,11H,4-6H2,1-3H3;3-4H,1-2H3/t21-,22-;2*19-,20-;16-,17-;;7-,8-;/m0000.0./s1. The fourth-order valence-electron chi connectivity index (χ4n) is 22.0. The van der Waals surface area contributed by atoms with Crippen molar-refractivity contribution in [1.82, 2.24) is 75.4 Å². The number of hydrogen-bond acceptors (Lipinski definition) is 25. The van der Waals surface area contributed by atoms with Crippen LogP contribution in [0.15, 0.2) is 346 Å². The summed E-state index contributed by atoms with van der Waals surface area (Å²) < 4.78 is 37.8. The second-order valence-corrected chi connectivity index (χ2v) is 43.7. The molecule has 149 heavy (non-hydrogen) atoms. The molecule has 10 aromatic carbocycles. The maximum Gasteiger partial charge on any atom is 0.410 e. The van der Waals surface area contributed by atoms with E-state index in [2.05, 4.69) is 313 Å². The Morgan fingerprint density at radius 2 is 0.658 bits per heavy atom. The van der Waals surface area contributed by atoms with Crippen LogP contribution in [0.4, 0.5) is 21.5 Å². The molecular formula is C119H134ClN17O11S. The number of ether oxygens (including phenoxy) is 3. The summed E-state index contributed by atoms with van der Waals surface area (Å²) in [5, 5.41) is 15.4. The van der Waals surface area contributed by atoms with Crippen molar-refractivity contribution in [3.05, 3.63) is 413 Å². The van der Waals surface area contributed by atoms with Gasteiger partial charge in [-0.15, -0.1) is 11.6 Å². The third-order valence-electron chi connectivity index (χ3n) is 28.7. The van der Waals surface area contributed by atoms with Gasteiger partial charge in [-0.3, -0.25) is 34.4 Å². The van der Waals surface area contributed by atoms with Crippen LogP contribution >= 0.6 is 11.6 Å². The Hall–Kier alpha value is -13.9. The van der Waals surface area contributed by atoms with Crippen LogP contribution in [0.5, 0.6) is 0 Å². The molecule has 0 radical (unpaired) electrons. The van der Waals surface area contributed by atoms with E-state index in [9.17, 15) is 32.4 Å². The van der Waals surface area contributed by atoms with Crippen molar-refractivity contribution in [2.24, 2.45) is 0 Å². The van der Waals surface area contributed by atoms with Crippen molar-refractivity contribution in [2.75, 3.05) is 88.1 Å². The fraction of sp³-hybridized carbons (Fsp3) is 0.353. The molecule has 3 aromatic heterocycles. The van der Waals surface area contributed by atoms with E-state index in [1.807, 2.05) is 112 Å². The average molecular weight is 2050 g/mol. The number of aromatic nitrogens is 6. The number of Topliss-reactive ketones (excluding diaryl/α,β-unsaturated/α-hetero) is 1. The molecule has 10 fully saturated rings. The van der Waals surface area contributed by atoms with Crippen LogP contribution in [-0.2, 0) is 24.0 Å². The first-order valence-electron chi connectivity index (χ1n) is 51.5. The summed E-state index contributed by atoms with van der Waals surface area (Å²) in [5.74, 6) is 0.143. The Morgan fingerprint density at radius 3 is 0.919 bits per heavy atom. The molecule has 0 saturated carbocycles. The van der Waals surface area contributed by atoms with Gasteiger partial charge in [0.1, 0.15) is 11.2 Å². The zero-order chi connectivity index (χ0) is 104. The molecule has 0 aliphatic carbocycles. The first-order chi connectivity index (χ1) is 72.1. The first kappa shape index (κ1) is 106. The van der Waals surface area contributed by atoms with E-state index in [0.717, 1.165) is 102 Å². The average Bonchev–Trinajstić information content (AvgIpc) is 1.61. The van der Waals surface area contributed by atoms with Gasteiger partial charge in [0.2, 0.25) is 26.9 Å². The first-order valence-corrected chi connectivity index (χ1v) is 53.8. The summed E-state index contributed by atoms with van der Waals surface area (Å²) in [7, 11) is -3.38. The van der Waals surface area contributed by atoms with Crippen LogP contribution in [0.1, 0.15) is 204 Å². The zero-order valence-electron chi connectivity index (χ0n) is 85.9. The normalized spacial score (nSPS) is 20.8. The number of esters is 1. The van der Waals surface area contributed by atoms with Crippen LogP contribution < -0.4 is 25.9 Å². The number of benzene rings is 10. The van der Waals surface area contributed by atoms with Crippen molar-refractivity contribution in [3.8, 4) is 0 Å². The number of hydrogen-bond donors (Lipinski definition) is 4. The maximum absolute atomic E-state index is 12.6. The highest BCUT2D eigenvalue weighted by molar-refractivity contribution is 7.90. The van der Waals surface area contributed by atoms with E-state index in [1.165, 1.54) is 89.2 Å². The number of hydroxylamine groups is 1. The van der Waals surface area contributed by atoms with E-state index < -0.39 is 21.3 Å². The molecule has 30 heteroatoms. The summed E-state index contributed by atoms with van der Waals surface area (Å²) in [6.45, 7) is 24.3. The second-order valence-electron chi connectivity index (χ2n) is 41.3. The van der Waals surface area contributed by atoms with Crippen molar-refractivity contribution in [2.45, 2.75) is 194 Å². The number of piperazine rings is 5. The summed E-state index contributed by atoms with van der Waals surface area (Å²) in [6, 6.07) is 112. The quantitative estimate of drug-likeness (QED) is 0.00988. The molecule has 10 aliphatic heterocycles. The number of sulfone groups is 1. The minimum Gasteiger partial charge on any atom is -0.462 e. The van der Waals surface area contributed by atoms with Crippen molar-refractivity contribution < 1.29 is 51.8 Å². The third-order valence-corrected chi connectivity index (χ3v) is 30.1. The number of rotatable bonds is 21. The molecule has 10 aliphatic rings. The van der Waals surface area contributed by atoms with Gasteiger partial charge in [0.15, 0.2) is 5.78 Å². The van der Waals surface area contributed by atoms with Crippen LogP contribution in [0.25, 0.3) is 0 Å². The molecule has 13 heterocycles. The van der Waals surface area contributed by atoms with Crippen molar-refractivity contribution >= 4 is 63.2 Å². The number of ketones is 1. The number of amides is 3. The Morgan fingerprint density at radius 1 is 0.369 bits per heavy atom. The number of carbonyl (C=O) groups excluding carboxylic acids is 5. The van der Waals surface area contributed by atoms with Crippen LogP contribution in [0.3, 0.4) is 0 Å². The molecule has 10 saturated heterocycles. The molecule has 0 unspecified atom stereocenters. The van der Waals surface area contributed by atoms with Gasteiger partial charge < -0.3 is 44.4 Å². The number of likely N-dealkylation sites (tertiary alicyclic amines) is 6. The summed E-state index contributed by atoms with van der Waals surface area (Å²) in [4.78, 5) is 102. The molecule has 10 atom stereocenters. The molecule has 23 rings (SSSR count). The number of halogens is 1. The Bertz CT molecular complexity index is 6430. The number of alkyl halides is 1. The van der Waals surface area contributed by atoms with Crippen LogP contribution in [-0.4, -0.2) is 253 Å². The molecule has 3 amide bonds. The highest BCUT2D eigenvalue weighted by Gasteiger charge is 2.52. The number of nitrogens with zero attached hydrogens (tertiary/aromatic N) is 14. The van der Waals surface area contributed by atoms with E-state index >= 15 is 0 Å². The molecule has 10 bridgehead atoms. The lowest BCUT2D eigenvalue weighted by Crippen LogP contribution is -2.51. The van der Waals surface area contributed by atoms with Crippen molar-refractivity contribution in [3.63, 3.8) is 0 Å². The van der Waals surface area contributed by atoms with E-state index in [0.29, 0.717) is 90.0 Å². The topological polar surface area (TPSA) is 307 Å². The smallest absolute Gasteiger partial charge is 0.410 e. The second kappa shape index (κ2) is 49.1. The Labute approximate surface area is 879 Å². The monoisotopic (exact) mass is 2040 g/mol. The lowest BCUT2D eigenvalue weighted by molar-refractivity contribution is 0.0104. The van der Waals surface area contributed by atoms with Crippen LogP contribution in [0.2, 0.25) is 0 Å². The van der Waals surface area contributed by atoms with Gasteiger partial charge in [0.05, 0.1) is 52.8 Å². The lowest BCUT2D eigenvalue weighted by atomic mass is 9.96. The highest BCUT2D eigenvalue weighted by atomic mass is 35.5. The summed E-state index contributed by atoms with van der Waals surface area (Å²) >= 11 is 6.33. The SMILES string of the molecule is CC(=O)c1cnc(S(C)(=O)=O)nc1.CC(C)(C)OC(=O)N1C[C@@H]2C[C@H]1CN2.CC(C)(C)OC(=O)N1C[C@@H]2C[C@H]1CN2C(c1ccccc1)c1ccccc1.CCOC(=O)c1cnc(N2C[C@@H]3C[C@H]2CN3C(c2ccccc2)c2ccccc2)nc1.ClC(c1ccccc1)c1ccccc1.O=C(NO)c1cnc(N2C[C@@H]3C[C@H]2CN3C(c2ccccc2)c2ccccc2)nc1.c1ccc(C(c2ccccc2)N2C[C@@H]3C[C@H]2CN3)cc1. The largest absolute Gasteiger partial charge is 0.462 e. The third kappa shape index (κ3) is 26.9. The van der Waals surface area contributed by atoms with Gasteiger partial charge in [0.25, 0.3) is 5.91 Å². The van der Waals surface area contributed by atoms with Gasteiger partial charge in [-0.1, -0.05) is 303 Å².